The van der Waals surface area contributed by atoms with Crippen LogP contribution in [-0.2, 0) is 4.79 Å². The number of benzene rings is 1. The van der Waals surface area contributed by atoms with Crippen LogP contribution >= 0.6 is 0 Å². The van der Waals surface area contributed by atoms with Crippen molar-refractivity contribution in [1.29, 1.82) is 0 Å². The number of rotatable bonds is 6. The summed E-state index contributed by atoms with van der Waals surface area (Å²) < 4.78 is 26.8. The normalized spacial score (nSPS) is 14.5. The van der Waals surface area contributed by atoms with Gasteiger partial charge in [-0.15, -0.1) is 0 Å². The molecule has 9 heteroatoms. The molecule has 0 aliphatic carbocycles. The maximum Gasteiger partial charge on any atom is 0.323 e. The van der Waals surface area contributed by atoms with Gasteiger partial charge in [-0.1, -0.05) is 13.8 Å². The molecule has 2 heterocycles. The predicted molar refractivity (Wildman–Crippen MR) is 118 cm³/mol. The van der Waals surface area contributed by atoms with E-state index in [2.05, 4.69) is 15.3 Å². The van der Waals surface area contributed by atoms with Crippen LogP contribution in [0.4, 0.5) is 19.4 Å². The van der Waals surface area contributed by atoms with Crippen LogP contribution in [-0.4, -0.2) is 57.9 Å². The minimum absolute atomic E-state index is 0.0169. The molecule has 1 N–H and O–H groups in total. The van der Waals surface area contributed by atoms with E-state index in [-0.39, 0.29) is 35.3 Å². The molecule has 2 aromatic rings. The third-order valence-electron chi connectivity index (χ3n) is 6.02. The quantitative estimate of drug-likeness (QED) is 0.719. The molecule has 1 saturated heterocycles. The van der Waals surface area contributed by atoms with Crippen LogP contribution in [0.1, 0.15) is 39.5 Å². The molecule has 32 heavy (non-hydrogen) atoms. The van der Waals surface area contributed by atoms with Crippen molar-refractivity contribution in [2.24, 2.45) is 5.92 Å². The molecule has 172 valence electrons. The van der Waals surface area contributed by atoms with Gasteiger partial charge in [0.15, 0.2) is 5.82 Å². The number of amides is 3. The Hall–Kier alpha value is -3.10. The Balaban J connectivity index is 1.55. The molecule has 0 spiro atoms. The van der Waals surface area contributed by atoms with Gasteiger partial charge in [-0.3, -0.25) is 15.1 Å². The summed E-state index contributed by atoms with van der Waals surface area (Å²) in [4.78, 5) is 37.0. The molecular formula is C23H29F2N5O2. The number of likely N-dealkylation sites (tertiary alicyclic amines) is 1. The van der Waals surface area contributed by atoms with Gasteiger partial charge in [0.2, 0.25) is 5.91 Å². The van der Waals surface area contributed by atoms with Gasteiger partial charge in [0.05, 0.1) is 18.1 Å². The Morgan fingerprint density at radius 1 is 1.09 bits per heavy atom. The van der Waals surface area contributed by atoms with Gasteiger partial charge in [0.25, 0.3) is 0 Å². The van der Waals surface area contributed by atoms with E-state index >= 15 is 0 Å². The van der Waals surface area contributed by atoms with E-state index < -0.39 is 11.6 Å². The Bertz CT molecular complexity index is 922. The molecule has 0 saturated carbocycles. The summed E-state index contributed by atoms with van der Waals surface area (Å²) in [6, 6.07) is 2.81. The second-order valence-electron chi connectivity index (χ2n) is 8.06. The van der Waals surface area contributed by atoms with E-state index in [1.54, 1.807) is 11.9 Å². The number of carbonyl (C=O) groups is 2. The standard InChI is InChI=1S/C23H29F2N5O2/c1-4-15(5-2)22(31)30-8-6-19(7-9-30)29(3)23(32)28-21-14-26-20(13-27-21)16-10-17(24)12-18(25)11-16/h10-15,19H,4-9H2,1-3H3,(H,27,28,32). The summed E-state index contributed by atoms with van der Waals surface area (Å²) in [5.74, 6) is -0.891. The van der Waals surface area contributed by atoms with E-state index in [1.165, 1.54) is 24.5 Å². The fraction of sp³-hybridized carbons (Fsp3) is 0.478. The molecule has 3 rings (SSSR count). The number of piperidine rings is 1. The molecule has 1 fully saturated rings. The van der Waals surface area contributed by atoms with Crippen LogP contribution in [0.25, 0.3) is 11.3 Å². The summed E-state index contributed by atoms with van der Waals surface area (Å²) in [6.07, 6.45) is 5.81. The Morgan fingerprint density at radius 2 is 1.72 bits per heavy atom. The van der Waals surface area contributed by atoms with Gasteiger partial charge in [-0.05, 0) is 37.8 Å². The van der Waals surface area contributed by atoms with Gasteiger partial charge >= 0.3 is 6.03 Å². The first-order valence-electron chi connectivity index (χ1n) is 10.9. The second kappa shape index (κ2) is 10.5. The zero-order chi connectivity index (χ0) is 23.3. The van der Waals surface area contributed by atoms with Gasteiger partial charge < -0.3 is 9.80 Å². The SMILES string of the molecule is CCC(CC)C(=O)N1CCC(N(C)C(=O)Nc2cnc(-c3cc(F)cc(F)c3)cn2)CC1. The fourth-order valence-corrected chi connectivity index (χ4v) is 3.98. The second-order valence-corrected chi connectivity index (χ2v) is 8.06. The van der Waals surface area contributed by atoms with Crippen LogP contribution in [0, 0.1) is 17.6 Å². The monoisotopic (exact) mass is 445 g/mol. The van der Waals surface area contributed by atoms with Crippen molar-refractivity contribution in [2.75, 3.05) is 25.5 Å². The first-order chi connectivity index (χ1) is 15.3. The zero-order valence-corrected chi connectivity index (χ0v) is 18.6. The molecule has 1 aromatic heterocycles. The number of aromatic nitrogens is 2. The molecule has 0 radical (unpaired) electrons. The molecule has 3 amide bonds. The number of halogens is 2. The third kappa shape index (κ3) is 5.57. The number of hydrogen-bond acceptors (Lipinski definition) is 4. The van der Waals surface area contributed by atoms with Gasteiger partial charge in [0.1, 0.15) is 11.6 Å². The first-order valence-corrected chi connectivity index (χ1v) is 10.9. The third-order valence-corrected chi connectivity index (χ3v) is 6.02. The number of nitrogens with zero attached hydrogens (tertiary/aromatic N) is 4. The Labute approximate surface area is 186 Å². The topological polar surface area (TPSA) is 78.4 Å². The largest absolute Gasteiger partial charge is 0.342 e. The summed E-state index contributed by atoms with van der Waals surface area (Å²) in [5, 5.41) is 2.70. The predicted octanol–water partition coefficient (Wildman–Crippen LogP) is 4.31. The zero-order valence-electron chi connectivity index (χ0n) is 18.6. The van der Waals surface area contributed by atoms with Crippen LogP contribution in [0.3, 0.4) is 0 Å². The van der Waals surface area contributed by atoms with Crippen molar-refractivity contribution in [2.45, 2.75) is 45.6 Å². The minimum atomic E-state index is -0.700. The maximum atomic E-state index is 13.4. The van der Waals surface area contributed by atoms with Crippen molar-refractivity contribution >= 4 is 17.8 Å². The van der Waals surface area contributed by atoms with Crippen LogP contribution in [0.5, 0.6) is 0 Å². The number of nitrogens with one attached hydrogen (secondary N) is 1. The molecule has 1 aromatic carbocycles. The molecule has 1 aliphatic rings. The highest BCUT2D eigenvalue weighted by Crippen LogP contribution is 2.22. The van der Waals surface area contributed by atoms with Gasteiger partial charge in [-0.2, -0.15) is 0 Å². The lowest BCUT2D eigenvalue weighted by atomic mass is 9.98. The van der Waals surface area contributed by atoms with Crippen molar-refractivity contribution in [3.8, 4) is 11.3 Å². The minimum Gasteiger partial charge on any atom is -0.342 e. The highest BCUT2D eigenvalue weighted by molar-refractivity contribution is 5.88. The highest BCUT2D eigenvalue weighted by atomic mass is 19.1. The number of carbonyl (C=O) groups excluding carboxylic acids is 2. The summed E-state index contributed by atoms with van der Waals surface area (Å²) >= 11 is 0. The van der Waals surface area contributed by atoms with Gasteiger partial charge in [-0.25, -0.2) is 18.6 Å². The van der Waals surface area contributed by atoms with E-state index in [9.17, 15) is 18.4 Å². The average Bonchev–Trinajstić information content (AvgIpc) is 2.79. The molecule has 7 nitrogen and oxygen atoms in total. The molecule has 0 unspecified atom stereocenters. The van der Waals surface area contributed by atoms with E-state index in [4.69, 9.17) is 0 Å². The summed E-state index contributed by atoms with van der Waals surface area (Å²) in [5.41, 5.74) is 0.559. The smallest absolute Gasteiger partial charge is 0.323 e. The van der Waals surface area contributed by atoms with E-state index in [0.717, 1.165) is 18.9 Å². The van der Waals surface area contributed by atoms with Crippen molar-refractivity contribution in [1.82, 2.24) is 19.8 Å². The summed E-state index contributed by atoms with van der Waals surface area (Å²) in [6.45, 7) is 5.33. The molecule has 0 bridgehead atoms. The lowest BCUT2D eigenvalue weighted by Gasteiger charge is -2.37. The Kier molecular flexibility index (Phi) is 7.71. The maximum absolute atomic E-state index is 13.4. The lowest BCUT2D eigenvalue weighted by Crippen LogP contribution is -2.49. The highest BCUT2D eigenvalue weighted by Gasteiger charge is 2.29. The number of urea groups is 1. The van der Waals surface area contributed by atoms with E-state index in [0.29, 0.717) is 31.6 Å². The van der Waals surface area contributed by atoms with Gasteiger partial charge in [0, 0.05) is 43.7 Å². The van der Waals surface area contributed by atoms with Crippen molar-refractivity contribution in [3.05, 3.63) is 42.2 Å². The van der Waals surface area contributed by atoms with Crippen molar-refractivity contribution in [3.63, 3.8) is 0 Å². The van der Waals surface area contributed by atoms with Crippen molar-refractivity contribution < 1.29 is 18.4 Å². The van der Waals surface area contributed by atoms with E-state index in [1.807, 2.05) is 18.7 Å². The van der Waals surface area contributed by atoms with Crippen LogP contribution in [0.2, 0.25) is 0 Å². The molecular weight excluding hydrogens is 416 g/mol. The lowest BCUT2D eigenvalue weighted by molar-refractivity contribution is -0.137. The Morgan fingerprint density at radius 3 is 2.25 bits per heavy atom. The number of hydrogen-bond donors (Lipinski definition) is 1. The number of anilines is 1. The van der Waals surface area contributed by atoms with Crippen LogP contribution < -0.4 is 5.32 Å². The first kappa shape index (κ1) is 23.6. The molecule has 0 atom stereocenters. The molecule has 1 aliphatic heterocycles. The average molecular weight is 446 g/mol. The van der Waals surface area contributed by atoms with Crippen LogP contribution in [0.15, 0.2) is 30.6 Å². The summed E-state index contributed by atoms with van der Waals surface area (Å²) in [7, 11) is 1.72. The fourth-order valence-electron chi connectivity index (χ4n) is 3.98.